The largest absolute Gasteiger partial charge is 0.502 e. The number of rotatable bonds is 14. The normalized spacial score (nSPS) is 12.7. The van der Waals surface area contributed by atoms with Crippen LogP contribution in [-0.4, -0.2) is 57.2 Å². The van der Waals surface area contributed by atoms with Crippen molar-refractivity contribution in [3.63, 3.8) is 0 Å². The number of para-hydroxylation sites is 1. The maximum absolute atomic E-state index is 13.9. The Bertz CT molecular complexity index is 1970. The van der Waals surface area contributed by atoms with E-state index in [0.29, 0.717) is 16.7 Å². The minimum absolute atomic E-state index is 0.00164. The highest BCUT2D eigenvalue weighted by Gasteiger charge is 2.31. The number of aliphatic carboxylic acids is 1. The molecule has 13 nitrogen and oxygen atoms in total. The number of carbonyl (C=O) groups is 4. The lowest BCUT2D eigenvalue weighted by molar-refractivity contribution is -0.142. The number of carbonyl (C=O) groups excluding carboxylic acids is 3. The highest BCUT2D eigenvalue weighted by atomic mass is 16.6. The van der Waals surface area contributed by atoms with E-state index < -0.39 is 59.8 Å². The van der Waals surface area contributed by atoms with Crippen molar-refractivity contribution in [2.75, 3.05) is 0 Å². The summed E-state index contributed by atoms with van der Waals surface area (Å²) in [6, 6.07) is 22.3. The first-order valence-electron chi connectivity index (χ1n) is 15.4. The van der Waals surface area contributed by atoms with Gasteiger partial charge in [0.05, 0.1) is 0 Å². The molecule has 0 bridgehead atoms. The van der Waals surface area contributed by atoms with Gasteiger partial charge in [0.25, 0.3) is 0 Å². The first-order valence-corrected chi connectivity index (χ1v) is 15.4. The number of fused-ring (bicyclic) bond motifs is 1. The Morgan fingerprint density at radius 3 is 1.96 bits per heavy atom. The number of ether oxygens (including phenoxy) is 1. The Hall–Kier alpha value is -6.37. The second-order valence-corrected chi connectivity index (χ2v) is 11.3. The van der Waals surface area contributed by atoms with E-state index >= 15 is 0 Å². The van der Waals surface area contributed by atoms with Crippen LogP contribution in [0.25, 0.3) is 10.9 Å². The molecular formula is C36H34N4O9. The van der Waals surface area contributed by atoms with Crippen molar-refractivity contribution in [1.29, 1.82) is 0 Å². The van der Waals surface area contributed by atoms with Crippen molar-refractivity contribution >= 4 is 34.8 Å². The van der Waals surface area contributed by atoms with E-state index in [-0.39, 0.29) is 25.0 Å². The summed E-state index contributed by atoms with van der Waals surface area (Å²) in [5, 5.41) is 28.0. The molecule has 0 fully saturated rings. The van der Waals surface area contributed by atoms with Gasteiger partial charge in [-0.3, -0.25) is 14.4 Å². The van der Waals surface area contributed by atoms with E-state index in [9.17, 15) is 34.2 Å². The molecule has 0 aliphatic rings. The number of hydrogen-bond donors (Lipinski definition) is 6. The summed E-state index contributed by atoms with van der Waals surface area (Å²) in [4.78, 5) is 67.6. The van der Waals surface area contributed by atoms with Gasteiger partial charge in [-0.2, -0.15) is 0 Å². The molecule has 3 amide bonds. The standard InChI is InChI=1S/C36H34N4O9/c41-31-18-25(48-21-32(31)42)20-49-36(47)40-28(15-22-9-3-1-4-10-22)33(43)38-29(17-24-19-37-27-14-8-7-13-26(24)27)34(44)39-30(35(45)46)16-23-11-5-2-6-12-23/h1-14,18-19,21,28-30,37,42H,15-17,20H2,(H,38,43)(H,39,44)(H,40,47)(H,45,46)/t28-,29-,30-/m0/s1. The van der Waals surface area contributed by atoms with Crippen LogP contribution in [0.1, 0.15) is 22.5 Å². The zero-order valence-corrected chi connectivity index (χ0v) is 26.1. The molecule has 252 valence electrons. The fourth-order valence-corrected chi connectivity index (χ4v) is 5.22. The number of benzene rings is 3. The molecule has 3 aromatic carbocycles. The maximum Gasteiger partial charge on any atom is 0.408 e. The lowest BCUT2D eigenvalue weighted by Gasteiger charge is -2.24. The van der Waals surface area contributed by atoms with Gasteiger partial charge in [0.2, 0.25) is 17.2 Å². The van der Waals surface area contributed by atoms with Gasteiger partial charge in [-0.1, -0.05) is 78.9 Å². The fraction of sp³-hybridized carbons (Fsp3) is 0.194. The van der Waals surface area contributed by atoms with E-state index in [1.165, 1.54) is 0 Å². The van der Waals surface area contributed by atoms with E-state index in [0.717, 1.165) is 23.2 Å². The molecule has 49 heavy (non-hydrogen) atoms. The van der Waals surface area contributed by atoms with Gasteiger partial charge in [0, 0.05) is 42.4 Å². The van der Waals surface area contributed by atoms with Crippen LogP contribution in [0.3, 0.4) is 0 Å². The molecule has 0 saturated heterocycles. The summed E-state index contributed by atoms with van der Waals surface area (Å²) in [5.74, 6) is -3.35. The Kier molecular flexibility index (Phi) is 11.1. The summed E-state index contributed by atoms with van der Waals surface area (Å²) in [7, 11) is 0. The van der Waals surface area contributed by atoms with E-state index in [4.69, 9.17) is 9.15 Å². The van der Waals surface area contributed by atoms with Crippen molar-refractivity contribution in [2.24, 2.45) is 0 Å². The Morgan fingerprint density at radius 2 is 1.33 bits per heavy atom. The molecule has 0 radical (unpaired) electrons. The van der Waals surface area contributed by atoms with Crippen LogP contribution < -0.4 is 21.4 Å². The lowest BCUT2D eigenvalue weighted by atomic mass is 10.0. The second kappa shape index (κ2) is 16.0. The Morgan fingerprint density at radius 1 is 0.755 bits per heavy atom. The van der Waals surface area contributed by atoms with Crippen LogP contribution in [0, 0.1) is 0 Å². The molecule has 0 aliphatic heterocycles. The molecule has 0 saturated carbocycles. The molecule has 5 aromatic rings. The van der Waals surface area contributed by atoms with E-state index in [1.54, 1.807) is 66.9 Å². The van der Waals surface area contributed by atoms with Gasteiger partial charge < -0.3 is 40.3 Å². The Balaban J connectivity index is 1.37. The van der Waals surface area contributed by atoms with Gasteiger partial charge in [-0.15, -0.1) is 0 Å². The monoisotopic (exact) mass is 666 g/mol. The molecule has 2 aromatic heterocycles. The number of amides is 3. The SMILES string of the molecule is O=C(N[C@@H](Cc1ccccc1)C(=O)N[C@@H](Cc1c[nH]c2ccccc12)C(=O)N[C@@H](Cc1ccccc1)C(=O)O)OCc1cc(=O)c(O)co1. The number of alkyl carbamates (subject to hydrolysis) is 1. The lowest BCUT2D eigenvalue weighted by Crippen LogP contribution is -2.57. The van der Waals surface area contributed by atoms with Crippen LogP contribution in [0.15, 0.2) is 113 Å². The van der Waals surface area contributed by atoms with Crippen LogP contribution in [0.4, 0.5) is 4.79 Å². The predicted molar refractivity (Wildman–Crippen MR) is 178 cm³/mol. The number of carboxylic acid groups (broad SMARTS) is 1. The third-order valence-corrected chi connectivity index (χ3v) is 7.73. The van der Waals surface area contributed by atoms with Crippen LogP contribution in [0.5, 0.6) is 5.75 Å². The van der Waals surface area contributed by atoms with Crippen molar-refractivity contribution in [1.82, 2.24) is 20.9 Å². The number of aromatic hydroxyl groups is 1. The molecule has 13 heteroatoms. The molecule has 2 heterocycles. The van der Waals surface area contributed by atoms with Gasteiger partial charge in [-0.05, 0) is 22.8 Å². The average Bonchev–Trinajstić information content (AvgIpc) is 3.51. The molecule has 3 atom stereocenters. The van der Waals surface area contributed by atoms with Crippen molar-refractivity contribution in [3.05, 3.63) is 136 Å². The number of H-pyrrole nitrogens is 1. The molecule has 6 N–H and O–H groups in total. The molecule has 0 aliphatic carbocycles. The topological polar surface area (TPSA) is 200 Å². The molecule has 0 spiro atoms. The minimum atomic E-state index is -1.29. The minimum Gasteiger partial charge on any atom is -0.502 e. The number of carboxylic acids is 1. The third kappa shape index (κ3) is 9.35. The zero-order chi connectivity index (χ0) is 34.8. The number of nitrogens with one attached hydrogen (secondary N) is 4. The van der Waals surface area contributed by atoms with E-state index in [2.05, 4.69) is 20.9 Å². The van der Waals surface area contributed by atoms with Gasteiger partial charge in [0.1, 0.15) is 30.1 Å². The number of aromatic nitrogens is 1. The average molecular weight is 667 g/mol. The number of hydrogen-bond acceptors (Lipinski definition) is 8. The summed E-state index contributed by atoms with van der Waals surface area (Å²) in [6.07, 6.45) is 1.55. The van der Waals surface area contributed by atoms with Crippen LogP contribution in [0.2, 0.25) is 0 Å². The van der Waals surface area contributed by atoms with Gasteiger partial charge in [-0.25, -0.2) is 9.59 Å². The smallest absolute Gasteiger partial charge is 0.408 e. The summed E-state index contributed by atoms with van der Waals surface area (Å²) >= 11 is 0. The van der Waals surface area contributed by atoms with Crippen LogP contribution >= 0.6 is 0 Å². The highest BCUT2D eigenvalue weighted by molar-refractivity contribution is 5.94. The summed E-state index contributed by atoms with van der Waals surface area (Å²) < 4.78 is 10.2. The summed E-state index contributed by atoms with van der Waals surface area (Å²) in [5.41, 5.74) is 2.18. The van der Waals surface area contributed by atoms with Crippen molar-refractivity contribution < 1.29 is 38.5 Å². The second-order valence-electron chi connectivity index (χ2n) is 11.3. The third-order valence-electron chi connectivity index (χ3n) is 7.73. The quantitative estimate of drug-likeness (QED) is 0.103. The van der Waals surface area contributed by atoms with Gasteiger partial charge in [0.15, 0.2) is 12.4 Å². The predicted octanol–water partition coefficient (Wildman–Crippen LogP) is 3.20. The molecular weight excluding hydrogens is 632 g/mol. The zero-order valence-electron chi connectivity index (χ0n) is 26.1. The molecule has 5 rings (SSSR count). The van der Waals surface area contributed by atoms with Crippen molar-refractivity contribution in [2.45, 2.75) is 44.0 Å². The van der Waals surface area contributed by atoms with Crippen molar-refractivity contribution in [3.8, 4) is 5.75 Å². The maximum atomic E-state index is 13.9. The molecule has 0 unspecified atom stereocenters. The summed E-state index contributed by atoms with van der Waals surface area (Å²) in [6.45, 7) is -0.468. The highest BCUT2D eigenvalue weighted by Crippen LogP contribution is 2.20. The fourth-order valence-electron chi connectivity index (χ4n) is 5.22. The van der Waals surface area contributed by atoms with Crippen LogP contribution in [-0.2, 0) is 45.0 Å². The Labute approximate surface area is 279 Å². The van der Waals surface area contributed by atoms with E-state index in [1.807, 2.05) is 24.3 Å². The van der Waals surface area contributed by atoms with Gasteiger partial charge >= 0.3 is 12.1 Å². The number of aromatic amines is 1. The first kappa shape index (κ1) is 34.0. The first-order chi connectivity index (χ1) is 23.7.